The van der Waals surface area contributed by atoms with Crippen molar-refractivity contribution < 1.29 is 0 Å². The molecule has 1 unspecified atom stereocenters. The maximum Gasteiger partial charge on any atom is 0.0304 e. The molecule has 11 heavy (non-hydrogen) atoms. The van der Waals surface area contributed by atoms with Crippen LogP contribution in [0.1, 0.15) is 34.1 Å². The van der Waals surface area contributed by atoms with Gasteiger partial charge in [-0.05, 0) is 26.3 Å². The Morgan fingerprint density at radius 2 is 2.09 bits per heavy atom. The summed E-state index contributed by atoms with van der Waals surface area (Å²) in [6, 6.07) is 0. The van der Waals surface area contributed by atoms with Gasteiger partial charge in [-0.15, -0.1) is 6.58 Å². The highest BCUT2D eigenvalue weighted by Gasteiger charge is 2.11. The Hall–Kier alpha value is -0.300. The molecule has 0 aliphatic heterocycles. The molecule has 0 heterocycles. The zero-order valence-corrected chi connectivity index (χ0v) is 8.28. The van der Waals surface area contributed by atoms with Crippen molar-refractivity contribution in [2.24, 2.45) is 5.92 Å². The van der Waals surface area contributed by atoms with E-state index in [0.717, 1.165) is 12.5 Å². The van der Waals surface area contributed by atoms with Crippen LogP contribution in [0.2, 0.25) is 0 Å². The first kappa shape index (κ1) is 10.7. The minimum absolute atomic E-state index is 0.0867. The molecule has 0 saturated heterocycles. The Labute approximate surface area is 70.9 Å². The van der Waals surface area contributed by atoms with Gasteiger partial charge < -0.3 is 5.32 Å². The lowest BCUT2D eigenvalue weighted by Gasteiger charge is -2.23. The molecule has 0 amide bonds. The van der Waals surface area contributed by atoms with Crippen LogP contribution in [0, 0.1) is 5.92 Å². The average Bonchev–Trinajstić information content (AvgIpc) is 2.00. The van der Waals surface area contributed by atoms with Crippen molar-refractivity contribution in [1.82, 2.24) is 5.32 Å². The fraction of sp³-hybridized carbons (Fsp3) is 0.800. The molecule has 1 nitrogen and oxygen atoms in total. The predicted octanol–water partition coefficient (Wildman–Crippen LogP) is 2.59. The maximum atomic E-state index is 3.77. The molecule has 0 saturated carbocycles. The van der Waals surface area contributed by atoms with Crippen LogP contribution in [0.4, 0.5) is 0 Å². The molecule has 0 spiro atoms. The van der Waals surface area contributed by atoms with Crippen molar-refractivity contribution in [3.05, 3.63) is 12.7 Å². The van der Waals surface area contributed by atoms with Crippen molar-refractivity contribution in [2.45, 2.75) is 39.7 Å². The highest BCUT2D eigenvalue weighted by molar-refractivity contribution is 4.95. The second-order valence-electron chi connectivity index (χ2n) is 3.82. The summed E-state index contributed by atoms with van der Waals surface area (Å²) in [5, 5.41) is 3.44. The maximum absolute atomic E-state index is 3.77. The fourth-order valence-electron chi connectivity index (χ4n) is 0.654. The summed E-state index contributed by atoms with van der Waals surface area (Å²) in [4.78, 5) is 0. The van der Waals surface area contributed by atoms with Gasteiger partial charge in [0, 0.05) is 5.54 Å². The Morgan fingerprint density at radius 3 is 2.45 bits per heavy atom. The molecule has 0 aromatic heterocycles. The normalized spacial score (nSPS) is 14.5. The van der Waals surface area contributed by atoms with Crippen LogP contribution in [0.25, 0.3) is 0 Å². The van der Waals surface area contributed by atoms with Crippen molar-refractivity contribution in [2.75, 3.05) is 6.54 Å². The second-order valence-corrected chi connectivity index (χ2v) is 3.82. The largest absolute Gasteiger partial charge is 0.308 e. The molecule has 1 atom stereocenters. The van der Waals surface area contributed by atoms with E-state index in [1.807, 2.05) is 6.08 Å². The van der Waals surface area contributed by atoms with Crippen LogP contribution in [-0.4, -0.2) is 12.1 Å². The Bertz CT molecular complexity index is 116. The summed E-state index contributed by atoms with van der Waals surface area (Å²) in [5.74, 6) is 0.759. The number of rotatable bonds is 5. The molecular weight excluding hydrogens is 134 g/mol. The zero-order chi connectivity index (χ0) is 8.91. The van der Waals surface area contributed by atoms with E-state index in [1.165, 1.54) is 6.42 Å². The van der Waals surface area contributed by atoms with Gasteiger partial charge in [0.2, 0.25) is 0 Å². The van der Waals surface area contributed by atoms with E-state index < -0.39 is 0 Å². The summed E-state index contributed by atoms with van der Waals surface area (Å²) < 4.78 is 0. The van der Waals surface area contributed by atoms with E-state index in [9.17, 15) is 0 Å². The molecule has 66 valence electrons. The third-order valence-electron chi connectivity index (χ3n) is 2.11. The first-order valence-corrected chi connectivity index (χ1v) is 4.40. The number of hydrogen-bond donors (Lipinski definition) is 1. The van der Waals surface area contributed by atoms with Crippen LogP contribution in [-0.2, 0) is 0 Å². The third kappa shape index (κ3) is 5.02. The quantitative estimate of drug-likeness (QED) is 0.602. The first-order chi connectivity index (χ1) is 5.02. The average molecular weight is 155 g/mol. The van der Waals surface area contributed by atoms with Crippen LogP contribution in [0.3, 0.4) is 0 Å². The van der Waals surface area contributed by atoms with Crippen molar-refractivity contribution in [3.8, 4) is 0 Å². The molecule has 0 aromatic rings. The molecule has 1 N–H and O–H groups in total. The van der Waals surface area contributed by atoms with Crippen molar-refractivity contribution >= 4 is 0 Å². The lowest BCUT2D eigenvalue weighted by atomic mass is 10.0. The molecule has 0 radical (unpaired) electrons. The van der Waals surface area contributed by atoms with Gasteiger partial charge in [-0.2, -0.15) is 0 Å². The first-order valence-electron chi connectivity index (χ1n) is 4.40. The van der Waals surface area contributed by atoms with Crippen LogP contribution in [0.15, 0.2) is 12.7 Å². The van der Waals surface area contributed by atoms with E-state index in [-0.39, 0.29) is 5.54 Å². The highest BCUT2D eigenvalue weighted by atomic mass is 14.9. The minimum Gasteiger partial charge on any atom is -0.308 e. The van der Waals surface area contributed by atoms with E-state index >= 15 is 0 Å². The van der Waals surface area contributed by atoms with E-state index in [0.29, 0.717) is 0 Å². The van der Waals surface area contributed by atoms with Crippen LogP contribution < -0.4 is 5.32 Å². The highest BCUT2D eigenvalue weighted by Crippen LogP contribution is 2.05. The van der Waals surface area contributed by atoms with E-state index in [1.54, 1.807) is 0 Å². The summed E-state index contributed by atoms with van der Waals surface area (Å²) in [6.45, 7) is 13.6. The van der Waals surface area contributed by atoms with Crippen molar-refractivity contribution in [1.29, 1.82) is 0 Å². The molecule has 1 heteroatoms. The van der Waals surface area contributed by atoms with Crippen molar-refractivity contribution in [3.63, 3.8) is 0 Å². The Balaban J connectivity index is 3.60. The molecular formula is C10H21N. The lowest BCUT2D eigenvalue weighted by Crippen LogP contribution is -2.39. The van der Waals surface area contributed by atoms with E-state index in [2.05, 4.69) is 39.6 Å². The van der Waals surface area contributed by atoms with Gasteiger partial charge in [-0.1, -0.05) is 26.3 Å². The topological polar surface area (TPSA) is 12.0 Å². The summed E-state index contributed by atoms with van der Waals surface area (Å²) in [6.07, 6.45) is 3.19. The molecule has 0 aromatic carbocycles. The molecule has 0 aliphatic carbocycles. The van der Waals surface area contributed by atoms with Gasteiger partial charge in [0.1, 0.15) is 0 Å². The molecule has 0 aliphatic rings. The monoisotopic (exact) mass is 155 g/mol. The summed E-state index contributed by atoms with van der Waals surface area (Å²) >= 11 is 0. The Kier molecular flexibility index (Phi) is 4.43. The molecule has 0 bridgehead atoms. The summed E-state index contributed by atoms with van der Waals surface area (Å²) in [7, 11) is 0. The van der Waals surface area contributed by atoms with Gasteiger partial charge in [-0.3, -0.25) is 0 Å². The minimum atomic E-state index is 0.0867. The summed E-state index contributed by atoms with van der Waals surface area (Å²) in [5.41, 5.74) is 0.0867. The smallest absolute Gasteiger partial charge is 0.0304 e. The lowest BCUT2D eigenvalue weighted by molar-refractivity contribution is 0.410. The van der Waals surface area contributed by atoms with Gasteiger partial charge in [-0.25, -0.2) is 0 Å². The van der Waals surface area contributed by atoms with Gasteiger partial charge in [0.15, 0.2) is 0 Å². The van der Waals surface area contributed by atoms with Gasteiger partial charge in [0.25, 0.3) is 0 Å². The number of nitrogens with one attached hydrogen (secondary N) is 1. The van der Waals surface area contributed by atoms with Crippen LogP contribution >= 0.6 is 0 Å². The zero-order valence-electron chi connectivity index (χ0n) is 8.28. The predicted molar refractivity (Wildman–Crippen MR) is 51.7 cm³/mol. The van der Waals surface area contributed by atoms with Crippen LogP contribution in [0.5, 0.6) is 0 Å². The SMILES string of the molecule is C=CC(C)(C)NCC(C)CC. The second kappa shape index (κ2) is 4.55. The Morgan fingerprint density at radius 1 is 1.55 bits per heavy atom. The fourth-order valence-corrected chi connectivity index (χ4v) is 0.654. The third-order valence-corrected chi connectivity index (χ3v) is 2.11. The van der Waals surface area contributed by atoms with Gasteiger partial charge in [0.05, 0.1) is 0 Å². The standard InChI is InChI=1S/C10H21N/c1-6-9(3)8-11-10(4,5)7-2/h7,9,11H,2,6,8H2,1,3-5H3. The van der Waals surface area contributed by atoms with E-state index in [4.69, 9.17) is 0 Å². The molecule has 0 rings (SSSR count). The molecule has 0 fully saturated rings. The van der Waals surface area contributed by atoms with Gasteiger partial charge >= 0.3 is 0 Å². The number of hydrogen-bond acceptors (Lipinski definition) is 1.